The highest BCUT2D eigenvalue weighted by Crippen LogP contribution is 2.26. The SMILES string of the molecule is O=c1c(Br)c(N2CCN(c3cccc(Cl)c3)CC2)cnn1-c1ccccc1. The van der Waals surface area contributed by atoms with E-state index in [0.717, 1.165) is 48.3 Å². The Morgan fingerprint density at radius 1 is 0.889 bits per heavy atom. The minimum atomic E-state index is -0.157. The molecule has 0 aliphatic carbocycles. The average Bonchev–Trinajstić information content (AvgIpc) is 2.71. The summed E-state index contributed by atoms with van der Waals surface area (Å²) in [6.45, 7) is 3.33. The zero-order valence-corrected chi connectivity index (χ0v) is 16.9. The van der Waals surface area contributed by atoms with Crippen LogP contribution in [0.5, 0.6) is 0 Å². The molecule has 1 fully saturated rings. The van der Waals surface area contributed by atoms with Crippen molar-refractivity contribution in [2.24, 2.45) is 0 Å². The molecule has 0 radical (unpaired) electrons. The summed E-state index contributed by atoms with van der Waals surface area (Å²) in [5.41, 5.74) is 2.55. The molecule has 0 N–H and O–H groups in total. The van der Waals surface area contributed by atoms with Gasteiger partial charge in [-0.3, -0.25) is 4.79 Å². The average molecular weight is 446 g/mol. The van der Waals surface area contributed by atoms with Crippen LogP contribution in [-0.2, 0) is 0 Å². The highest BCUT2D eigenvalue weighted by Gasteiger charge is 2.21. The molecule has 138 valence electrons. The molecule has 5 nitrogen and oxygen atoms in total. The molecule has 0 saturated carbocycles. The Balaban J connectivity index is 1.53. The predicted molar refractivity (Wildman–Crippen MR) is 113 cm³/mol. The van der Waals surface area contributed by atoms with E-state index in [2.05, 4.69) is 36.9 Å². The first-order valence-electron chi connectivity index (χ1n) is 8.72. The molecule has 0 atom stereocenters. The van der Waals surface area contributed by atoms with E-state index in [1.54, 1.807) is 6.20 Å². The molecule has 0 spiro atoms. The summed E-state index contributed by atoms with van der Waals surface area (Å²) in [6.07, 6.45) is 1.76. The second kappa shape index (κ2) is 7.74. The summed E-state index contributed by atoms with van der Waals surface area (Å²) in [7, 11) is 0. The van der Waals surface area contributed by atoms with Gasteiger partial charge in [0.05, 0.1) is 17.6 Å². The van der Waals surface area contributed by atoms with Crippen molar-refractivity contribution in [3.8, 4) is 5.69 Å². The van der Waals surface area contributed by atoms with E-state index in [4.69, 9.17) is 11.6 Å². The Morgan fingerprint density at radius 3 is 2.26 bits per heavy atom. The zero-order chi connectivity index (χ0) is 18.8. The first kappa shape index (κ1) is 18.1. The van der Waals surface area contributed by atoms with Gasteiger partial charge >= 0.3 is 0 Å². The fraction of sp³-hybridized carbons (Fsp3) is 0.200. The van der Waals surface area contributed by atoms with E-state index in [-0.39, 0.29) is 5.56 Å². The molecule has 27 heavy (non-hydrogen) atoms. The Hall–Kier alpha value is -2.31. The van der Waals surface area contributed by atoms with Gasteiger partial charge in [0.1, 0.15) is 4.47 Å². The van der Waals surface area contributed by atoms with E-state index in [1.165, 1.54) is 4.68 Å². The number of hydrogen-bond donors (Lipinski definition) is 0. The molecule has 0 bridgehead atoms. The highest BCUT2D eigenvalue weighted by atomic mass is 79.9. The summed E-state index contributed by atoms with van der Waals surface area (Å²) >= 11 is 9.59. The van der Waals surface area contributed by atoms with Crippen molar-refractivity contribution in [1.82, 2.24) is 9.78 Å². The molecule has 1 aliphatic rings. The number of nitrogens with zero attached hydrogens (tertiary/aromatic N) is 4. The number of piperazine rings is 1. The molecule has 1 aliphatic heterocycles. The second-order valence-corrected chi connectivity index (χ2v) is 7.58. The molecule has 3 aromatic rings. The maximum absolute atomic E-state index is 12.8. The van der Waals surface area contributed by atoms with Gasteiger partial charge in [-0.05, 0) is 46.3 Å². The molecule has 7 heteroatoms. The summed E-state index contributed by atoms with van der Waals surface area (Å²) in [5.74, 6) is 0. The van der Waals surface area contributed by atoms with Gasteiger partial charge in [0.2, 0.25) is 0 Å². The number of benzene rings is 2. The van der Waals surface area contributed by atoms with Crippen LogP contribution >= 0.6 is 27.5 Å². The third-order valence-corrected chi connectivity index (χ3v) is 5.68. The summed E-state index contributed by atoms with van der Waals surface area (Å²) < 4.78 is 1.95. The van der Waals surface area contributed by atoms with E-state index in [0.29, 0.717) is 4.47 Å². The van der Waals surface area contributed by atoms with Crippen LogP contribution in [0.4, 0.5) is 11.4 Å². The van der Waals surface area contributed by atoms with Crippen molar-refractivity contribution in [1.29, 1.82) is 0 Å². The molecule has 1 aromatic heterocycles. The van der Waals surface area contributed by atoms with Gasteiger partial charge in [-0.25, -0.2) is 0 Å². The third-order valence-electron chi connectivity index (χ3n) is 4.69. The Labute approximate surface area is 170 Å². The lowest BCUT2D eigenvalue weighted by atomic mass is 10.2. The number of aromatic nitrogens is 2. The van der Waals surface area contributed by atoms with Crippen LogP contribution < -0.4 is 15.4 Å². The van der Waals surface area contributed by atoms with Crippen molar-refractivity contribution in [2.75, 3.05) is 36.0 Å². The highest BCUT2D eigenvalue weighted by molar-refractivity contribution is 9.10. The van der Waals surface area contributed by atoms with Crippen LogP contribution in [0.2, 0.25) is 5.02 Å². The Kier molecular flexibility index (Phi) is 5.18. The quantitative estimate of drug-likeness (QED) is 0.612. The van der Waals surface area contributed by atoms with Crippen molar-refractivity contribution in [2.45, 2.75) is 0 Å². The van der Waals surface area contributed by atoms with Crippen molar-refractivity contribution in [3.05, 3.63) is 80.6 Å². The molecule has 1 saturated heterocycles. The summed E-state index contributed by atoms with van der Waals surface area (Å²) in [5, 5.41) is 5.12. The lowest BCUT2D eigenvalue weighted by Gasteiger charge is -2.37. The summed E-state index contributed by atoms with van der Waals surface area (Å²) in [4.78, 5) is 17.2. The van der Waals surface area contributed by atoms with Crippen LogP contribution in [0.3, 0.4) is 0 Å². The van der Waals surface area contributed by atoms with Crippen molar-refractivity contribution in [3.63, 3.8) is 0 Å². The standard InChI is InChI=1S/C20H18BrClN4O/c21-19-18(14-23-26(20(19)27)16-6-2-1-3-7-16)25-11-9-24(10-12-25)17-8-4-5-15(22)13-17/h1-8,13-14H,9-12H2. The number of rotatable bonds is 3. The molecule has 4 rings (SSSR count). The smallest absolute Gasteiger partial charge is 0.287 e. The van der Waals surface area contributed by atoms with Gasteiger partial charge in [-0.15, -0.1) is 0 Å². The largest absolute Gasteiger partial charge is 0.368 e. The Bertz CT molecular complexity index is 1000. The molecule has 0 amide bonds. The predicted octanol–water partition coefficient (Wildman–Crippen LogP) is 3.98. The van der Waals surface area contributed by atoms with Gasteiger partial charge in [-0.2, -0.15) is 9.78 Å². The van der Waals surface area contributed by atoms with Crippen LogP contribution in [0.15, 0.2) is 70.1 Å². The number of para-hydroxylation sites is 1. The topological polar surface area (TPSA) is 41.4 Å². The first-order chi connectivity index (χ1) is 13.1. The van der Waals surface area contributed by atoms with E-state index in [1.807, 2.05) is 48.5 Å². The monoisotopic (exact) mass is 444 g/mol. The molecule has 2 heterocycles. The van der Waals surface area contributed by atoms with Crippen molar-refractivity contribution < 1.29 is 0 Å². The fourth-order valence-electron chi connectivity index (χ4n) is 3.28. The maximum atomic E-state index is 12.8. The van der Waals surface area contributed by atoms with Crippen LogP contribution in [0.1, 0.15) is 0 Å². The third kappa shape index (κ3) is 3.73. The second-order valence-electron chi connectivity index (χ2n) is 6.35. The zero-order valence-electron chi connectivity index (χ0n) is 14.6. The molecule has 2 aromatic carbocycles. The van der Waals surface area contributed by atoms with Gasteiger partial charge in [0.15, 0.2) is 0 Å². The van der Waals surface area contributed by atoms with Crippen molar-refractivity contribution >= 4 is 38.9 Å². The summed E-state index contributed by atoms with van der Waals surface area (Å²) in [6, 6.07) is 17.3. The first-order valence-corrected chi connectivity index (χ1v) is 9.89. The van der Waals surface area contributed by atoms with E-state index in [9.17, 15) is 4.79 Å². The number of halogens is 2. The van der Waals surface area contributed by atoms with E-state index < -0.39 is 0 Å². The minimum Gasteiger partial charge on any atom is -0.368 e. The molecular formula is C20H18BrClN4O. The number of hydrogen-bond acceptors (Lipinski definition) is 4. The fourth-order valence-corrected chi connectivity index (χ4v) is 3.98. The lowest BCUT2D eigenvalue weighted by Crippen LogP contribution is -2.47. The van der Waals surface area contributed by atoms with Gasteiger partial charge < -0.3 is 9.80 Å². The van der Waals surface area contributed by atoms with Crippen LogP contribution in [-0.4, -0.2) is 36.0 Å². The maximum Gasteiger partial charge on any atom is 0.287 e. The Morgan fingerprint density at radius 2 is 1.56 bits per heavy atom. The van der Waals surface area contributed by atoms with Crippen LogP contribution in [0.25, 0.3) is 5.69 Å². The van der Waals surface area contributed by atoms with Gasteiger partial charge in [0, 0.05) is 36.9 Å². The lowest BCUT2D eigenvalue weighted by molar-refractivity contribution is 0.647. The van der Waals surface area contributed by atoms with Gasteiger partial charge in [0.25, 0.3) is 5.56 Å². The minimum absolute atomic E-state index is 0.157. The normalized spacial score (nSPS) is 14.4. The van der Waals surface area contributed by atoms with E-state index >= 15 is 0 Å². The molecular weight excluding hydrogens is 428 g/mol. The van der Waals surface area contributed by atoms with Crippen LogP contribution in [0, 0.1) is 0 Å². The van der Waals surface area contributed by atoms with Gasteiger partial charge in [-0.1, -0.05) is 35.9 Å². The molecule has 0 unspecified atom stereocenters. The number of anilines is 2.